The molecule has 0 aliphatic carbocycles. The van der Waals surface area contributed by atoms with E-state index in [9.17, 15) is 9.36 Å². The van der Waals surface area contributed by atoms with Crippen LogP contribution in [0.25, 0.3) is 0 Å². The quantitative estimate of drug-likeness (QED) is 0.605. The molecule has 1 rings (SSSR count). The Morgan fingerprint density at radius 3 is 2.39 bits per heavy atom. The van der Waals surface area contributed by atoms with Crippen molar-refractivity contribution >= 4 is 19.3 Å². The fourth-order valence-electron chi connectivity index (χ4n) is 1.63. The van der Waals surface area contributed by atoms with Gasteiger partial charge in [0.15, 0.2) is 0 Å². The number of hydrogen-bond donors (Lipinski definition) is 4. The smallest absolute Gasteiger partial charge is 0.329 e. The number of carboxylic acid groups (broad SMARTS) is 1. The molecule has 6 nitrogen and oxygen atoms in total. The van der Waals surface area contributed by atoms with Crippen molar-refractivity contribution in [1.29, 1.82) is 0 Å². The van der Waals surface area contributed by atoms with Crippen molar-refractivity contribution in [3.63, 3.8) is 0 Å². The number of aryl methyl sites for hydroxylation is 2. The van der Waals surface area contributed by atoms with Gasteiger partial charge in [0.2, 0.25) is 0 Å². The van der Waals surface area contributed by atoms with Crippen LogP contribution in [0.3, 0.4) is 0 Å². The van der Waals surface area contributed by atoms with Crippen LogP contribution in [0.15, 0.2) is 12.1 Å². The Kier molecular flexibility index (Phi) is 4.51. The third-order valence-electron chi connectivity index (χ3n) is 2.49. The van der Waals surface area contributed by atoms with Crippen molar-refractivity contribution in [2.24, 2.45) is 0 Å². The SMILES string of the molecule is Cc1cc(NCC(=O)O)c(C)cc1CP(=O)(O)O. The molecule has 100 valence electrons. The zero-order valence-corrected chi connectivity index (χ0v) is 11.1. The Balaban J connectivity index is 2.97. The Hall–Kier alpha value is -1.36. The molecule has 0 unspecified atom stereocenters. The maximum atomic E-state index is 11.0. The van der Waals surface area contributed by atoms with Crippen LogP contribution in [0.4, 0.5) is 5.69 Å². The van der Waals surface area contributed by atoms with Crippen molar-refractivity contribution < 1.29 is 24.3 Å². The third-order valence-corrected chi connectivity index (χ3v) is 3.24. The molecule has 0 bridgehead atoms. The van der Waals surface area contributed by atoms with Gasteiger partial charge in [-0.25, -0.2) is 0 Å². The molecule has 0 radical (unpaired) electrons. The lowest BCUT2D eigenvalue weighted by Crippen LogP contribution is -2.13. The number of aliphatic carboxylic acids is 1. The van der Waals surface area contributed by atoms with Crippen molar-refractivity contribution in [1.82, 2.24) is 0 Å². The predicted molar refractivity (Wildman–Crippen MR) is 67.8 cm³/mol. The van der Waals surface area contributed by atoms with Gasteiger partial charge in [-0.15, -0.1) is 0 Å². The van der Waals surface area contributed by atoms with Gasteiger partial charge in [-0.2, -0.15) is 0 Å². The van der Waals surface area contributed by atoms with Crippen molar-refractivity contribution in [3.8, 4) is 0 Å². The monoisotopic (exact) mass is 273 g/mol. The molecule has 0 saturated carbocycles. The first-order valence-electron chi connectivity index (χ1n) is 5.29. The molecule has 4 N–H and O–H groups in total. The Morgan fingerprint density at radius 2 is 1.89 bits per heavy atom. The fourth-order valence-corrected chi connectivity index (χ4v) is 2.41. The Bertz CT molecular complexity index is 508. The van der Waals surface area contributed by atoms with E-state index in [1.54, 1.807) is 26.0 Å². The maximum absolute atomic E-state index is 11.0. The summed E-state index contributed by atoms with van der Waals surface area (Å²) in [5.41, 5.74) is 2.70. The largest absolute Gasteiger partial charge is 0.480 e. The minimum absolute atomic E-state index is 0.196. The second-order valence-electron chi connectivity index (χ2n) is 4.16. The summed E-state index contributed by atoms with van der Waals surface area (Å²) in [7, 11) is -4.10. The summed E-state index contributed by atoms with van der Waals surface area (Å²) >= 11 is 0. The summed E-state index contributed by atoms with van der Waals surface area (Å²) in [5, 5.41) is 11.3. The molecule has 7 heteroatoms. The summed E-state index contributed by atoms with van der Waals surface area (Å²) in [6, 6.07) is 3.36. The summed E-state index contributed by atoms with van der Waals surface area (Å²) < 4.78 is 11.0. The van der Waals surface area contributed by atoms with E-state index in [-0.39, 0.29) is 12.7 Å². The maximum Gasteiger partial charge on any atom is 0.329 e. The lowest BCUT2D eigenvalue weighted by Gasteiger charge is -2.13. The Morgan fingerprint density at radius 1 is 1.28 bits per heavy atom. The molecule has 0 aliphatic rings. The standard InChI is InChI=1S/C11H16NO5P/c1-7-4-10(12-5-11(13)14)8(2)3-9(7)6-18(15,16)17/h3-4,12H,5-6H2,1-2H3,(H,13,14)(H2,15,16,17). The van der Waals surface area contributed by atoms with Crippen LogP contribution in [0.1, 0.15) is 16.7 Å². The zero-order chi connectivity index (χ0) is 13.9. The molecule has 0 atom stereocenters. The van der Waals surface area contributed by atoms with E-state index >= 15 is 0 Å². The van der Waals surface area contributed by atoms with E-state index < -0.39 is 13.6 Å². The second-order valence-corrected chi connectivity index (χ2v) is 5.81. The number of benzene rings is 1. The summed E-state index contributed by atoms with van der Waals surface area (Å²) in [5.74, 6) is -0.966. The molecule has 0 amide bonds. The lowest BCUT2D eigenvalue weighted by atomic mass is 10.0. The van der Waals surface area contributed by atoms with Crippen LogP contribution in [-0.4, -0.2) is 27.4 Å². The van der Waals surface area contributed by atoms with Crippen LogP contribution in [0, 0.1) is 13.8 Å². The van der Waals surface area contributed by atoms with Gasteiger partial charge in [0, 0.05) is 5.69 Å². The minimum Gasteiger partial charge on any atom is -0.480 e. The van der Waals surface area contributed by atoms with Gasteiger partial charge in [0.05, 0.1) is 6.16 Å². The first-order chi connectivity index (χ1) is 8.19. The van der Waals surface area contributed by atoms with Gasteiger partial charge in [0.1, 0.15) is 6.54 Å². The molecular weight excluding hydrogens is 257 g/mol. The summed E-state index contributed by atoms with van der Waals surface area (Å²) in [6.07, 6.45) is -0.307. The first kappa shape index (κ1) is 14.7. The molecule has 0 aliphatic heterocycles. The Labute approximate surface area is 105 Å². The first-order valence-corrected chi connectivity index (χ1v) is 7.09. The van der Waals surface area contributed by atoms with E-state index in [1.807, 2.05) is 0 Å². The van der Waals surface area contributed by atoms with Crippen LogP contribution in [0.5, 0.6) is 0 Å². The van der Waals surface area contributed by atoms with E-state index in [2.05, 4.69) is 5.32 Å². The van der Waals surface area contributed by atoms with Gasteiger partial charge < -0.3 is 20.2 Å². The van der Waals surface area contributed by atoms with Gasteiger partial charge in [-0.3, -0.25) is 9.36 Å². The fraction of sp³-hybridized carbons (Fsp3) is 0.364. The van der Waals surface area contributed by atoms with Crippen LogP contribution < -0.4 is 5.32 Å². The van der Waals surface area contributed by atoms with E-state index in [1.165, 1.54) is 0 Å². The van der Waals surface area contributed by atoms with Gasteiger partial charge >= 0.3 is 13.6 Å². The molecular formula is C11H16NO5P. The highest BCUT2D eigenvalue weighted by Gasteiger charge is 2.16. The molecule has 0 spiro atoms. The molecule has 18 heavy (non-hydrogen) atoms. The second kappa shape index (κ2) is 5.52. The van der Waals surface area contributed by atoms with Crippen molar-refractivity contribution in [2.45, 2.75) is 20.0 Å². The van der Waals surface area contributed by atoms with Gasteiger partial charge in [-0.05, 0) is 36.6 Å². The normalized spacial score (nSPS) is 11.3. The highest BCUT2D eigenvalue weighted by molar-refractivity contribution is 7.50. The highest BCUT2D eigenvalue weighted by atomic mass is 31.2. The number of rotatable bonds is 5. The number of carbonyl (C=O) groups is 1. The molecule has 0 fully saturated rings. The van der Waals surface area contributed by atoms with Crippen LogP contribution in [0.2, 0.25) is 0 Å². The average molecular weight is 273 g/mol. The predicted octanol–water partition coefficient (Wildman–Crippen LogP) is 1.48. The van der Waals surface area contributed by atoms with E-state index in [0.717, 1.165) is 11.1 Å². The molecule has 0 heterocycles. The van der Waals surface area contributed by atoms with E-state index in [4.69, 9.17) is 14.9 Å². The molecule has 1 aromatic carbocycles. The number of nitrogens with one attached hydrogen (secondary N) is 1. The highest BCUT2D eigenvalue weighted by Crippen LogP contribution is 2.40. The van der Waals surface area contributed by atoms with E-state index in [0.29, 0.717) is 11.3 Å². The van der Waals surface area contributed by atoms with Gasteiger partial charge in [-0.1, -0.05) is 6.07 Å². The lowest BCUT2D eigenvalue weighted by molar-refractivity contribution is -0.134. The summed E-state index contributed by atoms with van der Waals surface area (Å²) in [4.78, 5) is 28.4. The zero-order valence-electron chi connectivity index (χ0n) is 10.2. The third kappa shape index (κ3) is 4.49. The molecule has 0 saturated heterocycles. The topological polar surface area (TPSA) is 107 Å². The van der Waals surface area contributed by atoms with Crippen molar-refractivity contribution in [2.75, 3.05) is 11.9 Å². The summed E-state index contributed by atoms with van der Waals surface area (Å²) in [6.45, 7) is 3.29. The van der Waals surface area contributed by atoms with Crippen LogP contribution in [-0.2, 0) is 15.5 Å². The van der Waals surface area contributed by atoms with Crippen LogP contribution >= 0.6 is 7.60 Å². The van der Waals surface area contributed by atoms with Crippen molar-refractivity contribution in [3.05, 3.63) is 28.8 Å². The average Bonchev–Trinajstić information content (AvgIpc) is 2.18. The number of anilines is 1. The minimum atomic E-state index is -4.10. The number of carboxylic acids is 1. The van der Waals surface area contributed by atoms with Gasteiger partial charge in [0.25, 0.3) is 0 Å². The molecule has 1 aromatic rings. The molecule has 0 aromatic heterocycles. The number of hydrogen-bond acceptors (Lipinski definition) is 3.